The van der Waals surface area contributed by atoms with Crippen LogP contribution >= 0.6 is 0 Å². The van der Waals surface area contributed by atoms with Gasteiger partial charge in [0.1, 0.15) is 5.82 Å². The summed E-state index contributed by atoms with van der Waals surface area (Å²) in [6.07, 6.45) is 2.22. The molecular formula is C27H31F2N5O4S. The number of carbonyl (C=O) groups is 1. The SMILES string of the molecule is C[C@@H]1CN(c2cccc(-c3ccc4cnc(CC(=O)N[C@@H]5CCN(S(=O)(=O)C(F)F)C5)cc4c3)n2)C[C@H](C)O1. The van der Waals surface area contributed by atoms with Crippen molar-refractivity contribution in [3.05, 3.63) is 54.4 Å². The molecule has 0 spiro atoms. The van der Waals surface area contributed by atoms with Crippen LogP contribution in [0, 0.1) is 0 Å². The standard InChI is InChI=1S/C27H31F2N5O4S/c1-17-14-33(15-18(2)38-17)25-5-3-4-24(32-25)19-6-7-20-13-30-23(11-21(20)10-19)12-26(35)31-22-8-9-34(16-22)39(36,37)27(28)29/h3-7,10-11,13,17-18,22,27H,8-9,12,14-16H2,1-2H3,(H,31,35)/t17-,18+,22-/m1/s1. The molecule has 0 radical (unpaired) electrons. The first-order chi connectivity index (χ1) is 18.6. The molecule has 3 aromatic rings. The number of ether oxygens (including phenoxy) is 1. The number of alkyl halides is 2. The van der Waals surface area contributed by atoms with E-state index in [1.165, 1.54) is 0 Å². The van der Waals surface area contributed by atoms with Crippen molar-refractivity contribution in [3.63, 3.8) is 0 Å². The molecule has 9 nitrogen and oxygen atoms in total. The van der Waals surface area contributed by atoms with E-state index in [1.807, 2.05) is 42.5 Å². The highest BCUT2D eigenvalue weighted by Gasteiger charge is 2.37. The van der Waals surface area contributed by atoms with Crippen molar-refractivity contribution in [2.75, 3.05) is 31.1 Å². The second kappa shape index (κ2) is 11.1. The fraction of sp³-hybridized carbons (Fsp3) is 0.444. The number of carbonyl (C=O) groups excluding carboxylic acids is 1. The Labute approximate surface area is 226 Å². The average Bonchev–Trinajstić information content (AvgIpc) is 3.37. The highest BCUT2D eigenvalue weighted by atomic mass is 32.2. The molecular weight excluding hydrogens is 528 g/mol. The molecule has 2 aromatic heterocycles. The minimum atomic E-state index is -4.65. The number of hydrogen-bond donors (Lipinski definition) is 1. The number of fused-ring (bicyclic) bond motifs is 1. The van der Waals surface area contributed by atoms with Crippen molar-refractivity contribution in [2.45, 2.75) is 50.7 Å². The number of morpholine rings is 1. The molecule has 1 amide bonds. The van der Waals surface area contributed by atoms with Gasteiger partial charge in [-0.25, -0.2) is 13.4 Å². The van der Waals surface area contributed by atoms with Crippen molar-refractivity contribution in [3.8, 4) is 11.3 Å². The predicted molar refractivity (Wildman–Crippen MR) is 144 cm³/mol. The molecule has 1 N–H and O–H groups in total. The van der Waals surface area contributed by atoms with E-state index in [0.29, 0.717) is 5.69 Å². The Kier molecular flexibility index (Phi) is 7.79. The van der Waals surface area contributed by atoms with Crippen molar-refractivity contribution in [1.82, 2.24) is 19.6 Å². The molecule has 0 aliphatic carbocycles. The first kappa shape index (κ1) is 27.4. The normalized spacial score (nSPS) is 22.5. The monoisotopic (exact) mass is 559 g/mol. The number of amides is 1. The van der Waals surface area contributed by atoms with Gasteiger partial charge < -0.3 is 15.0 Å². The number of pyridine rings is 2. The lowest BCUT2D eigenvalue weighted by atomic mass is 10.0. The van der Waals surface area contributed by atoms with Gasteiger partial charge in [0.25, 0.3) is 10.0 Å². The lowest BCUT2D eigenvalue weighted by Crippen LogP contribution is -2.45. The topological polar surface area (TPSA) is 105 Å². The van der Waals surface area contributed by atoms with Gasteiger partial charge in [0.05, 0.1) is 30.0 Å². The second-order valence-electron chi connectivity index (χ2n) is 10.2. The summed E-state index contributed by atoms with van der Waals surface area (Å²) in [5, 5.41) is 4.56. The summed E-state index contributed by atoms with van der Waals surface area (Å²) >= 11 is 0. The van der Waals surface area contributed by atoms with Crippen LogP contribution in [0.5, 0.6) is 0 Å². The lowest BCUT2D eigenvalue weighted by Gasteiger charge is -2.36. The molecule has 3 atom stereocenters. The van der Waals surface area contributed by atoms with E-state index >= 15 is 0 Å². The Balaban J connectivity index is 1.28. The summed E-state index contributed by atoms with van der Waals surface area (Å²) in [5.41, 5.74) is 2.32. The van der Waals surface area contributed by atoms with Crippen molar-refractivity contribution in [2.24, 2.45) is 0 Å². The number of hydrogen-bond acceptors (Lipinski definition) is 7. The number of aromatic nitrogens is 2. The van der Waals surface area contributed by atoms with E-state index in [2.05, 4.69) is 29.0 Å². The molecule has 12 heteroatoms. The van der Waals surface area contributed by atoms with Gasteiger partial charge >= 0.3 is 5.76 Å². The van der Waals surface area contributed by atoms with Crippen LogP contribution in [0.25, 0.3) is 22.0 Å². The van der Waals surface area contributed by atoms with Gasteiger partial charge in [-0.15, -0.1) is 0 Å². The molecule has 2 aliphatic rings. The van der Waals surface area contributed by atoms with E-state index in [-0.39, 0.29) is 44.0 Å². The quantitative estimate of drug-likeness (QED) is 0.474. The summed E-state index contributed by atoms with van der Waals surface area (Å²) in [5.74, 6) is -2.92. The maximum Gasteiger partial charge on any atom is 0.350 e. The van der Waals surface area contributed by atoms with Gasteiger partial charge in [0.2, 0.25) is 5.91 Å². The van der Waals surface area contributed by atoms with Gasteiger partial charge in [0, 0.05) is 49.4 Å². The van der Waals surface area contributed by atoms with Gasteiger partial charge in [-0.2, -0.15) is 13.1 Å². The van der Waals surface area contributed by atoms with Crippen LogP contribution < -0.4 is 10.2 Å². The van der Waals surface area contributed by atoms with E-state index < -0.39 is 21.8 Å². The molecule has 4 heterocycles. The first-order valence-electron chi connectivity index (χ1n) is 12.9. The summed E-state index contributed by atoms with van der Waals surface area (Å²) in [6.45, 7) is 5.45. The number of rotatable bonds is 7. The summed E-state index contributed by atoms with van der Waals surface area (Å²) in [6, 6.07) is 13.3. The molecule has 2 fully saturated rings. The fourth-order valence-corrected chi connectivity index (χ4v) is 6.17. The Bertz CT molecular complexity index is 1460. The van der Waals surface area contributed by atoms with Crippen LogP contribution in [0.1, 0.15) is 26.0 Å². The molecule has 0 unspecified atom stereocenters. The maximum absolute atomic E-state index is 12.8. The number of anilines is 1. The maximum atomic E-state index is 12.8. The smallest absolute Gasteiger partial charge is 0.350 e. The second-order valence-corrected chi connectivity index (χ2v) is 12.1. The van der Waals surface area contributed by atoms with Crippen LogP contribution in [-0.2, 0) is 26.0 Å². The number of sulfonamides is 1. The first-order valence-corrected chi connectivity index (χ1v) is 14.4. The fourth-order valence-electron chi connectivity index (χ4n) is 5.20. The summed E-state index contributed by atoms with van der Waals surface area (Å²) < 4.78 is 55.5. The van der Waals surface area contributed by atoms with Crippen molar-refractivity contribution >= 4 is 32.5 Å². The molecule has 2 saturated heterocycles. The third kappa shape index (κ3) is 6.18. The van der Waals surface area contributed by atoms with Crippen molar-refractivity contribution in [1.29, 1.82) is 0 Å². The molecule has 208 valence electrons. The average molecular weight is 560 g/mol. The number of nitrogens with one attached hydrogen (secondary N) is 1. The van der Waals surface area contributed by atoms with Gasteiger partial charge in [-0.3, -0.25) is 9.78 Å². The Morgan fingerprint density at radius 2 is 1.87 bits per heavy atom. The van der Waals surface area contributed by atoms with Crippen molar-refractivity contribution < 1.29 is 26.7 Å². The Hall–Kier alpha value is -3.22. The van der Waals surface area contributed by atoms with Gasteiger partial charge in [-0.1, -0.05) is 18.2 Å². The van der Waals surface area contributed by atoms with Crippen LogP contribution in [0.4, 0.5) is 14.6 Å². The van der Waals surface area contributed by atoms with E-state index in [4.69, 9.17) is 9.72 Å². The van der Waals surface area contributed by atoms with Crippen LogP contribution in [0.3, 0.4) is 0 Å². The third-order valence-electron chi connectivity index (χ3n) is 6.99. The van der Waals surface area contributed by atoms with E-state index in [9.17, 15) is 22.0 Å². The van der Waals surface area contributed by atoms with E-state index in [1.54, 1.807) is 6.20 Å². The number of benzene rings is 1. The van der Waals surface area contributed by atoms with E-state index in [0.717, 1.165) is 45.2 Å². The van der Waals surface area contributed by atoms with Gasteiger partial charge in [0.15, 0.2) is 0 Å². The zero-order valence-electron chi connectivity index (χ0n) is 21.8. The number of halogens is 2. The van der Waals surface area contributed by atoms with Gasteiger partial charge in [-0.05, 0) is 49.9 Å². The largest absolute Gasteiger partial charge is 0.372 e. The molecule has 0 bridgehead atoms. The lowest BCUT2D eigenvalue weighted by molar-refractivity contribution is -0.121. The molecule has 39 heavy (non-hydrogen) atoms. The zero-order valence-corrected chi connectivity index (χ0v) is 22.6. The summed E-state index contributed by atoms with van der Waals surface area (Å²) in [7, 11) is -4.65. The zero-order chi connectivity index (χ0) is 27.7. The highest BCUT2D eigenvalue weighted by Crippen LogP contribution is 2.27. The van der Waals surface area contributed by atoms with Crippen LogP contribution in [0.15, 0.2) is 48.7 Å². The van der Waals surface area contributed by atoms with Crippen LogP contribution in [-0.4, -0.2) is 78.8 Å². The molecule has 1 aromatic carbocycles. The Morgan fingerprint density at radius 1 is 1.10 bits per heavy atom. The highest BCUT2D eigenvalue weighted by molar-refractivity contribution is 7.89. The minimum Gasteiger partial charge on any atom is -0.372 e. The minimum absolute atomic E-state index is 0.0145. The predicted octanol–water partition coefficient (Wildman–Crippen LogP) is 3.20. The molecule has 0 saturated carbocycles. The summed E-state index contributed by atoms with van der Waals surface area (Å²) in [4.78, 5) is 24.2. The van der Waals surface area contributed by atoms with Crippen LogP contribution in [0.2, 0.25) is 0 Å². The molecule has 2 aliphatic heterocycles. The third-order valence-corrected chi connectivity index (χ3v) is 8.50. The number of nitrogens with zero attached hydrogens (tertiary/aromatic N) is 4. The molecule has 5 rings (SSSR count). The Morgan fingerprint density at radius 3 is 2.62 bits per heavy atom.